The van der Waals surface area contributed by atoms with Crippen LogP contribution in [0.5, 0.6) is 0 Å². The van der Waals surface area contributed by atoms with Gasteiger partial charge in [-0.3, -0.25) is 5.10 Å². The van der Waals surface area contributed by atoms with Crippen molar-refractivity contribution < 1.29 is 4.39 Å². The first-order chi connectivity index (χ1) is 9.24. The molecule has 0 atom stereocenters. The van der Waals surface area contributed by atoms with Gasteiger partial charge >= 0.3 is 0 Å². The Morgan fingerprint density at radius 1 is 1.26 bits per heavy atom. The predicted molar refractivity (Wildman–Crippen MR) is 71.9 cm³/mol. The van der Waals surface area contributed by atoms with Crippen molar-refractivity contribution in [3.8, 4) is 11.4 Å². The molecule has 0 unspecified atom stereocenters. The molecule has 2 aromatic rings. The molecule has 7 heteroatoms. The van der Waals surface area contributed by atoms with Gasteiger partial charge in [-0.05, 0) is 18.2 Å². The predicted octanol–water partition coefficient (Wildman–Crippen LogP) is 1.67. The molecule has 1 aromatic carbocycles. The summed E-state index contributed by atoms with van der Waals surface area (Å²) < 4.78 is 13.8. The summed E-state index contributed by atoms with van der Waals surface area (Å²) in [6, 6.07) is 4.50. The lowest BCUT2D eigenvalue weighted by Crippen LogP contribution is -2.44. The number of hydrogen-bond donors (Lipinski definition) is 2. The first-order valence-electron chi connectivity index (χ1n) is 6.07. The van der Waals surface area contributed by atoms with Crippen LogP contribution in [0.15, 0.2) is 18.2 Å². The Morgan fingerprint density at radius 3 is 2.79 bits per heavy atom. The molecule has 1 aromatic heterocycles. The molecular weight excluding hydrogens is 269 g/mol. The van der Waals surface area contributed by atoms with E-state index in [1.807, 2.05) is 0 Å². The van der Waals surface area contributed by atoms with Gasteiger partial charge in [0.1, 0.15) is 5.82 Å². The summed E-state index contributed by atoms with van der Waals surface area (Å²) in [5.74, 6) is 0.615. The van der Waals surface area contributed by atoms with E-state index in [0.29, 0.717) is 22.4 Å². The maximum absolute atomic E-state index is 13.8. The highest BCUT2D eigenvalue weighted by Gasteiger charge is 2.17. The van der Waals surface area contributed by atoms with Crippen molar-refractivity contribution in [3.63, 3.8) is 0 Å². The Morgan fingerprint density at radius 2 is 2.05 bits per heavy atom. The number of H-pyrrole nitrogens is 1. The molecule has 2 heterocycles. The summed E-state index contributed by atoms with van der Waals surface area (Å²) in [5, 5.41) is 10.5. The summed E-state index contributed by atoms with van der Waals surface area (Å²) in [5.41, 5.74) is 0.373. The molecule has 0 bridgehead atoms. The molecule has 1 aliphatic rings. The monoisotopic (exact) mass is 281 g/mol. The Labute approximate surface area is 114 Å². The van der Waals surface area contributed by atoms with Gasteiger partial charge in [0.05, 0.1) is 5.56 Å². The van der Waals surface area contributed by atoms with Gasteiger partial charge in [-0.25, -0.2) is 4.39 Å². The number of anilines is 1. The van der Waals surface area contributed by atoms with E-state index in [1.165, 1.54) is 6.07 Å². The van der Waals surface area contributed by atoms with Gasteiger partial charge in [0.25, 0.3) is 0 Å². The number of nitrogens with zero attached hydrogens (tertiary/aromatic N) is 3. The lowest BCUT2D eigenvalue weighted by molar-refractivity contribution is 0.580. The van der Waals surface area contributed by atoms with E-state index >= 15 is 0 Å². The van der Waals surface area contributed by atoms with E-state index in [9.17, 15) is 4.39 Å². The third kappa shape index (κ3) is 2.54. The first-order valence-corrected chi connectivity index (χ1v) is 6.45. The molecule has 5 nitrogen and oxygen atoms in total. The summed E-state index contributed by atoms with van der Waals surface area (Å²) in [7, 11) is 0. The van der Waals surface area contributed by atoms with Crippen molar-refractivity contribution in [2.24, 2.45) is 0 Å². The minimum absolute atomic E-state index is 0.364. The number of halogens is 2. The number of rotatable bonds is 2. The quantitative estimate of drug-likeness (QED) is 0.879. The highest BCUT2D eigenvalue weighted by Crippen LogP contribution is 2.23. The van der Waals surface area contributed by atoms with Gasteiger partial charge in [0, 0.05) is 31.2 Å². The molecule has 2 N–H and O–H groups in total. The molecule has 100 valence electrons. The van der Waals surface area contributed by atoms with Crippen LogP contribution in [0.3, 0.4) is 0 Å². The zero-order chi connectivity index (χ0) is 13.2. The molecule has 0 spiro atoms. The van der Waals surface area contributed by atoms with Gasteiger partial charge in [0.15, 0.2) is 5.82 Å². The average molecular weight is 282 g/mol. The number of hydrogen-bond acceptors (Lipinski definition) is 4. The number of benzene rings is 1. The number of nitrogens with one attached hydrogen (secondary N) is 2. The average Bonchev–Trinajstić information content (AvgIpc) is 2.89. The second-order valence-electron chi connectivity index (χ2n) is 4.35. The molecule has 0 radical (unpaired) electrons. The zero-order valence-electron chi connectivity index (χ0n) is 10.2. The summed E-state index contributed by atoms with van der Waals surface area (Å²) in [6.45, 7) is 3.50. The van der Waals surface area contributed by atoms with E-state index in [2.05, 4.69) is 25.4 Å². The Hall–Kier alpha value is -1.66. The van der Waals surface area contributed by atoms with Gasteiger partial charge in [-0.1, -0.05) is 11.6 Å². The van der Waals surface area contributed by atoms with Crippen molar-refractivity contribution >= 4 is 17.5 Å². The highest BCUT2D eigenvalue weighted by atomic mass is 35.5. The number of aromatic nitrogens is 3. The van der Waals surface area contributed by atoms with Crippen molar-refractivity contribution in [2.75, 3.05) is 31.1 Å². The molecular formula is C12H13ClFN5. The molecule has 1 saturated heterocycles. The lowest BCUT2D eigenvalue weighted by Gasteiger charge is -2.25. The van der Waals surface area contributed by atoms with Crippen LogP contribution in [-0.2, 0) is 0 Å². The smallest absolute Gasteiger partial charge is 0.245 e. The van der Waals surface area contributed by atoms with E-state index in [0.717, 1.165) is 26.2 Å². The van der Waals surface area contributed by atoms with Crippen LogP contribution < -0.4 is 10.2 Å². The normalized spacial score (nSPS) is 15.8. The third-order valence-electron chi connectivity index (χ3n) is 3.06. The standard InChI is InChI=1S/C12H13ClFN5/c13-8-1-2-9(10(14)7-8)11-16-12(18-17-11)19-5-3-15-4-6-19/h1-2,7,15H,3-6H2,(H,16,17,18). The first kappa shape index (κ1) is 12.4. The second kappa shape index (κ2) is 5.14. The van der Waals surface area contributed by atoms with E-state index < -0.39 is 5.82 Å². The van der Waals surface area contributed by atoms with E-state index in [-0.39, 0.29) is 0 Å². The molecule has 0 aliphatic carbocycles. The minimum Gasteiger partial charge on any atom is -0.337 e. The maximum Gasteiger partial charge on any atom is 0.245 e. The molecule has 19 heavy (non-hydrogen) atoms. The second-order valence-corrected chi connectivity index (χ2v) is 4.78. The highest BCUT2D eigenvalue weighted by molar-refractivity contribution is 6.30. The van der Waals surface area contributed by atoms with Crippen LogP contribution in [0.2, 0.25) is 5.02 Å². The Kier molecular flexibility index (Phi) is 3.35. The SMILES string of the molecule is Fc1cc(Cl)ccc1-c1nc(N2CCNCC2)n[nH]1. The summed E-state index contributed by atoms with van der Waals surface area (Å²) in [4.78, 5) is 6.40. The maximum atomic E-state index is 13.8. The van der Waals surface area contributed by atoms with Crippen LogP contribution in [-0.4, -0.2) is 41.4 Å². The van der Waals surface area contributed by atoms with Crippen LogP contribution in [0.25, 0.3) is 11.4 Å². The fraction of sp³-hybridized carbons (Fsp3) is 0.333. The Balaban J connectivity index is 1.87. The van der Waals surface area contributed by atoms with Crippen LogP contribution in [0.4, 0.5) is 10.3 Å². The molecule has 0 saturated carbocycles. The topological polar surface area (TPSA) is 56.8 Å². The van der Waals surface area contributed by atoms with Crippen LogP contribution >= 0.6 is 11.6 Å². The van der Waals surface area contributed by atoms with E-state index in [1.54, 1.807) is 12.1 Å². The lowest BCUT2D eigenvalue weighted by atomic mass is 10.2. The van der Waals surface area contributed by atoms with Gasteiger partial charge in [-0.15, -0.1) is 5.10 Å². The van der Waals surface area contributed by atoms with Crippen LogP contribution in [0.1, 0.15) is 0 Å². The van der Waals surface area contributed by atoms with Gasteiger partial charge in [-0.2, -0.15) is 4.98 Å². The Bertz CT molecular complexity index is 579. The molecule has 1 aliphatic heterocycles. The summed E-state index contributed by atoms with van der Waals surface area (Å²) in [6.07, 6.45) is 0. The fourth-order valence-corrected chi connectivity index (χ4v) is 2.22. The molecule has 1 fully saturated rings. The van der Waals surface area contributed by atoms with Crippen molar-refractivity contribution in [1.29, 1.82) is 0 Å². The number of aromatic amines is 1. The zero-order valence-corrected chi connectivity index (χ0v) is 10.9. The minimum atomic E-state index is -0.407. The van der Waals surface area contributed by atoms with Gasteiger partial charge in [0.2, 0.25) is 5.95 Å². The van der Waals surface area contributed by atoms with Gasteiger partial charge < -0.3 is 10.2 Å². The molecule has 3 rings (SSSR count). The summed E-state index contributed by atoms with van der Waals surface area (Å²) >= 11 is 5.73. The van der Waals surface area contributed by atoms with E-state index in [4.69, 9.17) is 11.6 Å². The van der Waals surface area contributed by atoms with Crippen molar-refractivity contribution in [3.05, 3.63) is 29.0 Å². The van der Waals surface area contributed by atoms with Crippen LogP contribution in [0, 0.1) is 5.82 Å². The number of piperazine rings is 1. The van der Waals surface area contributed by atoms with Crippen molar-refractivity contribution in [1.82, 2.24) is 20.5 Å². The van der Waals surface area contributed by atoms with Crippen molar-refractivity contribution in [2.45, 2.75) is 0 Å². The molecule has 0 amide bonds. The third-order valence-corrected chi connectivity index (χ3v) is 3.29. The fourth-order valence-electron chi connectivity index (χ4n) is 2.06. The largest absolute Gasteiger partial charge is 0.337 e.